The van der Waals surface area contributed by atoms with Crippen molar-refractivity contribution in [2.24, 2.45) is 0 Å². The molecule has 0 aliphatic carbocycles. The van der Waals surface area contributed by atoms with Crippen molar-refractivity contribution >= 4 is 16.8 Å². The molecule has 0 aliphatic rings. The minimum Gasteiger partial charge on any atom is -0.497 e. The Labute approximate surface area is 123 Å². The molecule has 0 N–H and O–H groups in total. The Morgan fingerprint density at radius 2 is 2.15 bits per heavy atom. The third kappa shape index (κ3) is 2.99. The molecule has 3 nitrogen and oxygen atoms in total. The van der Waals surface area contributed by atoms with Crippen molar-refractivity contribution in [1.82, 2.24) is 4.98 Å². The molecule has 0 aliphatic heterocycles. The van der Waals surface area contributed by atoms with Gasteiger partial charge in [-0.15, -0.1) is 0 Å². The van der Waals surface area contributed by atoms with Gasteiger partial charge in [0, 0.05) is 12.4 Å². The zero-order valence-corrected chi connectivity index (χ0v) is 12.2. The second-order valence-corrected chi connectivity index (χ2v) is 5.22. The molecule has 1 heterocycles. The third-order valence-electron chi connectivity index (χ3n) is 3.42. The molecule has 0 saturated heterocycles. The summed E-state index contributed by atoms with van der Waals surface area (Å²) >= 11 is 5.86. The summed E-state index contributed by atoms with van der Waals surface area (Å²) in [5.41, 5.74) is 0.992. The average Bonchev–Trinajstić information content (AvgIpc) is 2.48. The molecule has 4 heteroatoms. The summed E-state index contributed by atoms with van der Waals surface area (Å²) in [6, 6.07) is 11.2. The molecule has 0 fully saturated rings. The van der Waals surface area contributed by atoms with Crippen LogP contribution in [0.25, 0.3) is 0 Å². The zero-order valence-electron chi connectivity index (χ0n) is 11.5. The minimum atomic E-state index is -0.806. The number of methoxy groups -OCH3 is 1. The van der Waals surface area contributed by atoms with Crippen molar-refractivity contribution in [3.63, 3.8) is 0 Å². The number of halogens is 1. The number of pyridine rings is 1. The first-order valence-electron chi connectivity index (χ1n) is 6.29. The highest BCUT2D eigenvalue weighted by Crippen LogP contribution is 2.32. The van der Waals surface area contributed by atoms with Gasteiger partial charge in [-0.2, -0.15) is 0 Å². The summed E-state index contributed by atoms with van der Waals surface area (Å²) in [4.78, 5) is 16.1. The second-order valence-electron chi connectivity index (χ2n) is 4.88. The van der Waals surface area contributed by atoms with Crippen LogP contribution in [0.3, 0.4) is 0 Å². The SMILES string of the molecule is COc1cccc(C(C)(Cc2cccnc2)C(=O)Cl)c1. The van der Waals surface area contributed by atoms with Crippen LogP contribution in [0.4, 0.5) is 0 Å². The number of hydrogen-bond acceptors (Lipinski definition) is 3. The van der Waals surface area contributed by atoms with E-state index in [2.05, 4.69) is 4.98 Å². The van der Waals surface area contributed by atoms with Gasteiger partial charge in [-0.25, -0.2) is 0 Å². The first-order valence-corrected chi connectivity index (χ1v) is 6.67. The average molecular weight is 290 g/mol. The van der Waals surface area contributed by atoms with Gasteiger partial charge >= 0.3 is 0 Å². The monoisotopic (exact) mass is 289 g/mol. The first-order chi connectivity index (χ1) is 9.56. The molecular weight excluding hydrogens is 274 g/mol. The van der Waals surface area contributed by atoms with E-state index in [0.717, 1.165) is 11.1 Å². The molecule has 1 aromatic heterocycles. The molecule has 1 atom stereocenters. The van der Waals surface area contributed by atoms with Gasteiger partial charge in [-0.1, -0.05) is 18.2 Å². The summed E-state index contributed by atoms with van der Waals surface area (Å²) in [7, 11) is 1.60. The standard InChI is InChI=1S/C16H16ClNO2/c1-16(15(17)19,10-12-5-4-8-18-11-12)13-6-3-7-14(9-13)20-2/h3-9,11H,10H2,1-2H3. The van der Waals surface area contributed by atoms with Crippen LogP contribution in [0.15, 0.2) is 48.8 Å². The molecular formula is C16H16ClNO2. The summed E-state index contributed by atoms with van der Waals surface area (Å²) in [5, 5.41) is -0.394. The highest BCUT2D eigenvalue weighted by atomic mass is 35.5. The van der Waals surface area contributed by atoms with Gasteiger partial charge in [-0.05, 0) is 54.3 Å². The van der Waals surface area contributed by atoms with Crippen LogP contribution < -0.4 is 4.74 Å². The third-order valence-corrected chi connectivity index (χ3v) is 3.84. The van der Waals surface area contributed by atoms with E-state index in [4.69, 9.17) is 16.3 Å². The van der Waals surface area contributed by atoms with E-state index in [1.165, 1.54) is 0 Å². The highest BCUT2D eigenvalue weighted by molar-refractivity contribution is 6.65. The van der Waals surface area contributed by atoms with Crippen LogP contribution in [0.5, 0.6) is 5.75 Å². The van der Waals surface area contributed by atoms with Gasteiger partial charge in [0.25, 0.3) is 0 Å². The number of rotatable bonds is 5. The number of carbonyl (C=O) groups is 1. The van der Waals surface area contributed by atoms with Crippen molar-refractivity contribution < 1.29 is 9.53 Å². The van der Waals surface area contributed by atoms with Gasteiger partial charge in [0.15, 0.2) is 0 Å². The molecule has 2 aromatic rings. The molecule has 104 valence electrons. The van der Waals surface area contributed by atoms with E-state index in [9.17, 15) is 4.79 Å². The van der Waals surface area contributed by atoms with Crippen LogP contribution >= 0.6 is 11.6 Å². The molecule has 1 unspecified atom stereocenters. The van der Waals surface area contributed by atoms with Crippen molar-refractivity contribution in [2.75, 3.05) is 7.11 Å². The predicted molar refractivity (Wildman–Crippen MR) is 79.1 cm³/mol. The summed E-state index contributed by atoms with van der Waals surface area (Å²) in [6.45, 7) is 1.84. The molecule has 20 heavy (non-hydrogen) atoms. The number of hydrogen-bond donors (Lipinski definition) is 0. The molecule has 0 amide bonds. The fourth-order valence-electron chi connectivity index (χ4n) is 2.16. The topological polar surface area (TPSA) is 39.2 Å². The zero-order chi connectivity index (χ0) is 14.6. The van der Waals surface area contributed by atoms with E-state index >= 15 is 0 Å². The molecule has 2 rings (SSSR count). The molecule has 0 bridgehead atoms. The fourth-order valence-corrected chi connectivity index (χ4v) is 2.34. The van der Waals surface area contributed by atoms with Crippen molar-refractivity contribution in [3.05, 3.63) is 59.9 Å². The maximum atomic E-state index is 12.0. The molecule has 0 radical (unpaired) electrons. The lowest BCUT2D eigenvalue weighted by Crippen LogP contribution is -2.31. The van der Waals surface area contributed by atoms with Crippen molar-refractivity contribution in [2.45, 2.75) is 18.8 Å². The lowest BCUT2D eigenvalue weighted by atomic mass is 9.78. The van der Waals surface area contributed by atoms with Crippen molar-refractivity contribution in [3.8, 4) is 5.75 Å². The summed E-state index contributed by atoms with van der Waals surface area (Å²) in [6.07, 6.45) is 3.95. The second kappa shape index (κ2) is 6.06. The van der Waals surface area contributed by atoms with Gasteiger partial charge in [-0.3, -0.25) is 9.78 Å². The van der Waals surface area contributed by atoms with Crippen LogP contribution in [0.1, 0.15) is 18.1 Å². The Bertz CT molecular complexity index is 600. The Balaban J connectivity index is 2.41. The fraction of sp³-hybridized carbons (Fsp3) is 0.250. The van der Waals surface area contributed by atoms with Crippen molar-refractivity contribution in [1.29, 1.82) is 0 Å². The van der Waals surface area contributed by atoms with E-state index in [1.807, 2.05) is 43.3 Å². The van der Waals surface area contributed by atoms with E-state index in [0.29, 0.717) is 12.2 Å². The lowest BCUT2D eigenvalue weighted by Gasteiger charge is -2.26. The largest absolute Gasteiger partial charge is 0.497 e. The molecule has 0 saturated carbocycles. The Hall–Kier alpha value is -1.87. The molecule has 0 spiro atoms. The van der Waals surface area contributed by atoms with E-state index < -0.39 is 10.7 Å². The smallest absolute Gasteiger partial charge is 0.232 e. The Kier molecular flexibility index (Phi) is 4.40. The van der Waals surface area contributed by atoms with Gasteiger partial charge in [0.1, 0.15) is 5.75 Å². The Morgan fingerprint density at radius 1 is 1.35 bits per heavy atom. The minimum absolute atomic E-state index is 0.394. The van der Waals surface area contributed by atoms with E-state index in [1.54, 1.807) is 19.5 Å². The predicted octanol–water partition coefficient (Wildman–Crippen LogP) is 3.36. The van der Waals surface area contributed by atoms with E-state index in [-0.39, 0.29) is 0 Å². The van der Waals surface area contributed by atoms with Gasteiger partial charge in [0.2, 0.25) is 5.24 Å². The summed E-state index contributed by atoms with van der Waals surface area (Å²) in [5.74, 6) is 0.706. The van der Waals surface area contributed by atoms with Crippen LogP contribution in [0.2, 0.25) is 0 Å². The maximum absolute atomic E-state index is 12.0. The number of nitrogens with zero attached hydrogens (tertiary/aromatic N) is 1. The number of aromatic nitrogens is 1. The first kappa shape index (κ1) is 14.5. The normalized spacial score (nSPS) is 13.6. The quantitative estimate of drug-likeness (QED) is 0.792. The maximum Gasteiger partial charge on any atom is 0.232 e. The number of benzene rings is 1. The van der Waals surface area contributed by atoms with Crippen LogP contribution in [0, 0.1) is 0 Å². The molecule has 1 aromatic carbocycles. The van der Waals surface area contributed by atoms with Gasteiger partial charge in [0.05, 0.1) is 12.5 Å². The van der Waals surface area contributed by atoms with Crippen LogP contribution in [-0.4, -0.2) is 17.3 Å². The number of carbonyl (C=O) groups excluding carboxylic acids is 1. The highest BCUT2D eigenvalue weighted by Gasteiger charge is 2.34. The number of ether oxygens (including phenoxy) is 1. The van der Waals surface area contributed by atoms with Crippen LogP contribution in [-0.2, 0) is 16.6 Å². The van der Waals surface area contributed by atoms with Gasteiger partial charge < -0.3 is 4.74 Å². The lowest BCUT2D eigenvalue weighted by molar-refractivity contribution is -0.116. The summed E-state index contributed by atoms with van der Waals surface area (Å²) < 4.78 is 5.21. The Morgan fingerprint density at radius 3 is 2.75 bits per heavy atom.